The predicted molar refractivity (Wildman–Crippen MR) is 99.8 cm³/mol. The lowest BCUT2D eigenvalue weighted by Crippen LogP contribution is -2.39. The van der Waals surface area contributed by atoms with Gasteiger partial charge in [0.15, 0.2) is 0 Å². The van der Waals surface area contributed by atoms with Crippen molar-refractivity contribution in [1.82, 2.24) is 9.21 Å². The molecular formula is C19H27F3N2O2S. The van der Waals surface area contributed by atoms with Gasteiger partial charge in [-0.25, -0.2) is 8.42 Å². The van der Waals surface area contributed by atoms with Crippen LogP contribution in [0.25, 0.3) is 0 Å². The summed E-state index contributed by atoms with van der Waals surface area (Å²) in [6.45, 7) is 0.877. The Labute approximate surface area is 159 Å². The maximum Gasteiger partial charge on any atom is 0.416 e. The van der Waals surface area contributed by atoms with Crippen molar-refractivity contribution in [1.29, 1.82) is 0 Å². The summed E-state index contributed by atoms with van der Waals surface area (Å²) in [6.07, 6.45) is 3.14. The molecule has 0 heterocycles. The van der Waals surface area contributed by atoms with Crippen LogP contribution < -0.4 is 0 Å². The fourth-order valence-electron chi connectivity index (χ4n) is 3.30. The Morgan fingerprint density at radius 3 is 2.07 bits per heavy atom. The highest BCUT2D eigenvalue weighted by atomic mass is 32.2. The van der Waals surface area contributed by atoms with Crippen molar-refractivity contribution in [3.63, 3.8) is 0 Å². The van der Waals surface area contributed by atoms with E-state index >= 15 is 0 Å². The molecule has 1 saturated carbocycles. The van der Waals surface area contributed by atoms with E-state index in [2.05, 4.69) is 17.1 Å². The molecule has 1 aromatic rings. The normalized spacial score (nSPS) is 22.1. The second-order valence-corrected chi connectivity index (χ2v) is 9.30. The van der Waals surface area contributed by atoms with Crippen LogP contribution in [0.4, 0.5) is 13.2 Å². The molecule has 2 rings (SSSR count). The fourth-order valence-corrected chi connectivity index (χ4v) is 4.72. The first-order valence-electron chi connectivity index (χ1n) is 8.98. The maximum atomic E-state index is 12.7. The minimum atomic E-state index is -4.48. The zero-order valence-electron chi connectivity index (χ0n) is 15.9. The van der Waals surface area contributed by atoms with Crippen molar-refractivity contribution in [2.24, 2.45) is 5.92 Å². The van der Waals surface area contributed by atoms with E-state index < -0.39 is 21.8 Å². The molecular weight excluding hydrogens is 377 g/mol. The standard InChI is InChI=1S/C19H27F3N2O2S/c1-23(2)14-4-5-15-6-10-17(11-7-15)24(3)27(25,26)18-12-8-16(9-13-18)19(20,21)22/h4-5,8-9,12-13,15,17H,6-7,10-11,14H2,1-3H3. The summed E-state index contributed by atoms with van der Waals surface area (Å²) in [5, 5.41) is 0. The molecule has 0 saturated heterocycles. The second kappa shape index (κ2) is 8.75. The van der Waals surface area contributed by atoms with E-state index in [4.69, 9.17) is 0 Å². The smallest absolute Gasteiger partial charge is 0.306 e. The highest BCUT2D eigenvalue weighted by Gasteiger charge is 2.33. The van der Waals surface area contributed by atoms with E-state index in [0.29, 0.717) is 5.92 Å². The van der Waals surface area contributed by atoms with Crippen LogP contribution in [0.1, 0.15) is 31.2 Å². The number of likely N-dealkylation sites (N-methyl/N-ethyl adjacent to an activating group) is 1. The Kier molecular flexibility index (Phi) is 7.10. The number of rotatable bonds is 6. The van der Waals surface area contributed by atoms with Gasteiger partial charge in [-0.1, -0.05) is 12.2 Å². The monoisotopic (exact) mass is 404 g/mol. The molecule has 1 fully saturated rings. The van der Waals surface area contributed by atoms with E-state index in [-0.39, 0.29) is 10.9 Å². The van der Waals surface area contributed by atoms with E-state index in [1.54, 1.807) is 0 Å². The minimum Gasteiger partial charge on any atom is -0.306 e. The summed E-state index contributed by atoms with van der Waals surface area (Å²) in [6, 6.07) is 3.56. The lowest BCUT2D eigenvalue weighted by atomic mass is 9.86. The van der Waals surface area contributed by atoms with Crippen molar-refractivity contribution < 1.29 is 21.6 Å². The Morgan fingerprint density at radius 1 is 1.04 bits per heavy atom. The fraction of sp³-hybridized carbons (Fsp3) is 0.579. The third-order valence-electron chi connectivity index (χ3n) is 4.99. The van der Waals surface area contributed by atoms with Crippen molar-refractivity contribution in [2.75, 3.05) is 27.7 Å². The Morgan fingerprint density at radius 2 is 1.59 bits per heavy atom. The van der Waals surface area contributed by atoms with E-state index in [0.717, 1.165) is 56.5 Å². The number of hydrogen-bond acceptors (Lipinski definition) is 3. The first-order valence-corrected chi connectivity index (χ1v) is 10.4. The van der Waals surface area contributed by atoms with Crippen molar-refractivity contribution in [3.8, 4) is 0 Å². The van der Waals surface area contributed by atoms with Gasteiger partial charge in [-0.3, -0.25) is 0 Å². The summed E-state index contributed by atoms with van der Waals surface area (Å²) < 4.78 is 64.8. The number of benzene rings is 1. The number of allylic oxidation sites excluding steroid dienone is 1. The number of nitrogens with zero attached hydrogens (tertiary/aromatic N) is 2. The molecule has 1 aromatic carbocycles. The molecule has 152 valence electrons. The van der Waals surface area contributed by atoms with Crippen LogP contribution in [0.15, 0.2) is 41.3 Å². The molecule has 0 radical (unpaired) electrons. The number of hydrogen-bond donors (Lipinski definition) is 0. The Bertz CT molecular complexity index is 735. The average Bonchev–Trinajstić information content (AvgIpc) is 2.61. The van der Waals surface area contributed by atoms with Crippen LogP contribution in [0.5, 0.6) is 0 Å². The van der Waals surface area contributed by atoms with Crippen molar-refractivity contribution >= 4 is 10.0 Å². The molecule has 0 aromatic heterocycles. The molecule has 8 heteroatoms. The second-order valence-electron chi connectivity index (χ2n) is 7.30. The lowest BCUT2D eigenvalue weighted by Gasteiger charge is -2.33. The van der Waals surface area contributed by atoms with Crippen LogP contribution in [0.2, 0.25) is 0 Å². The molecule has 27 heavy (non-hydrogen) atoms. The number of alkyl halides is 3. The molecule has 0 amide bonds. The van der Waals surface area contributed by atoms with E-state index in [9.17, 15) is 21.6 Å². The summed E-state index contributed by atoms with van der Waals surface area (Å²) in [5.41, 5.74) is -0.853. The Balaban J connectivity index is 2.00. The first-order chi connectivity index (χ1) is 12.5. The summed E-state index contributed by atoms with van der Waals surface area (Å²) >= 11 is 0. The molecule has 0 atom stereocenters. The van der Waals surface area contributed by atoms with Crippen molar-refractivity contribution in [3.05, 3.63) is 42.0 Å². The van der Waals surface area contributed by atoms with Crippen LogP contribution in [0.3, 0.4) is 0 Å². The zero-order valence-corrected chi connectivity index (χ0v) is 16.7. The van der Waals surface area contributed by atoms with Crippen LogP contribution in [-0.2, 0) is 16.2 Å². The topological polar surface area (TPSA) is 40.6 Å². The third kappa shape index (κ3) is 5.80. The van der Waals surface area contributed by atoms with Gasteiger partial charge in [0.2, 0.25) is 10.0 Å². The van der Waals surface area contributed by atoms with Crippen LogP contribution in [0, 0.1) is 5.92 Å². The lowest BCUT2D eigenvalue weighted by molar-refractivity contribution is -0.137. The van der Waals surface area contributed by atoms with Gasteiger partial charge >= 0.3 is 6.18 Å². The first kappa shape index (κ1) is 21.9. The van der Waals surface area contributed by atoms with Crippen molar-refractivity contribution in [2.45, 2.75) is 42.8 Å². The molecule has 0 N–H and O–H groups in total. The molecule has 4 nitrogen and oxygen atoms in total. The minimum absolute atomic E-state index is 0.106. The van der Waals surface area contributed by atoms with E-state index in [1.165, 1.54) is 11.4 Å². The zero-order chi connectivity index (χ0) is 20.2. The highest BCUT2D eigenvalue weighted by molar-refractivity contribution is 7.89. The van der Waals surface area contributed by atoms with Gasteiger partial charge in [0.1, 0.15) is 0 Å². The summed E-state index contributed by atoms with van der Waals surface area (Å²) in [7, 11) is 1.71. The Hall–Kier alpha value is -1.38. The van der Waals surface area contributed by atoms with Gasteiger partial charge in [-0.15, -0.1) is 0 Å². The summed E-state index contributed by atoms with van der Waals surface area (Å²) in [4.78, 5) is 1.97. The summed E-state index contributed by atoms with van der Waals surface area (Å²) in [5.74, 6) is 0.448. The molecule has 0 bridgehead atoms. The molecule has 1 aliphatic rings. The van der Waals surface area contributed by atoms with Gasteiger partial charge in [0, 0.05) is 19.6 Å². The van der Waals surface area contributed by atoms with E-state index in [1.807, 2.05) is 14.1 Å². The van der Waals surface area contributed by atoms with Crippen LogP contribution >= 0.6 is 0 Å². The third-order valence-corrected chi connectivity index (χ3v) is 6.92. The largest absolute Gasteiger partial charge is 0.416 e. The van der Waals surface area contributed by atoms with Gasteiger partial charge in [0.25, 0.3) is 0 Å². The molecule has 0 unspecified atom stereocenters. The quantitative estimate of drug-likeness (QED) is 0.673. The van der Waals surface area contributed by atoms with Gasteiger partial charge in [0.05, 0.1) is 10.5 Å². The number of sulfonamides is 1. The predicted octanol–water partition coefficient (Wildman–Crippen LogP) is 4.00. The van der Waals surface area contributed by atoms with Gasteiger partial charge in [-0.05, 0) is 70.0 Å². The number of halogens is 3. The van der Waals surface area contributed by atoms with Gasteiger partial charge in [-0.2, -0.15) is 17.5 Å². The SMILES string of the molecule is CN(C)CC=CC1CCC(N(C)S(=O)(=O)c2ccc(C(F)(F)F)cc2)CC1. The molecule has 0 aliphatic heterocycles. The van der Waals surface area contributed by atoms with Gasteiger partial charge < -0.3 is 4.90 Å². The molecule has 0 spiro atoms. The molecule has 1 aliphatic carbocycles. The highest BCUT2D eigenvalue weighted by Crippen LogP contribution is 2.32. The average molecular weight is 404 g/mol. The van der Waals surface area contributed by atoms with Crippen LogP contribution in [-0.4, -0.2) is 51.4 Å². The maximum absolute atomic E-state index is 12.7.